The van der Waals surface area contributed by atoms with Gasteiger partial charge in [-0.25, -0.2) is 4.98 Å². The Morgan fingerprint density at radius 3 is 2.25 bits per heavy atom. The number of amides is 1. The molecule has 0 atom stereocenters. The van der Waals surface area contributed by atoms with Crippen LogP contribution in [0.4, 0.5) is 17.2 Å². The molecule has 0 aliphatic carbocycles. The maximum Gasteiger partial charge on any atom is 0.228 e. The molecule has 1 amide bonds. The van der Waals surface area contributed by atoms with Crippen LogP contribution in [-0.4, -0.2) is 57.3 Å². The topological polar surface area (TPSA) is 115 Å². The number of phenols is 2. The largest absolute Gasteiger partial charge is 0.504 e. The predicted octanol–water partition coefficient (Wildman–Crippen LogP) is 4.61. The van der Waals surface area contributed by atoms with Crippen LogP contribution in [0.3, 0.4) is 0 Å². The van der Waals surface area contributed by atoms with E-state index in [4.69, 9.17) is 4.98 Å². The van der Waals surface area contributed by atoms with Gasteiger partial charge in [-0.2, -0.15) is 0 Å². The lowest BCUT2D eigenvalue weighted by Gasteiger charge is -2.36. The van der Waals surface area contributed by atoms with Gasteiger partial charge in [-0.15, -0.1) is 0 Å². The molecule has 1 saturated heterocycles. The molecule has 9 heteroatoms. The number of nitrogens with zero attached hydrogens (tertiary/aromatic N) is 5. The lowest BCUT2D eigenvalue weighted by Crippen LogP contribution is -2.46. The highest BCUT2D eigenvalue weighted by Gasteiger charge is 2.19. The summed E-state index contributed by atoms with van der Waals surface area (Å²) in [4.78, 5) is 30.8. The Balaban J connectivity index is 1.12. The molecule has 0 unspecified atom stereocenters. The molecule has 1 aliphatic rings. The lowest BCUT2D eigenvalue weighted by atomic mass is 10.0. The van der Waals surface area contributed by atoms with Crippen molar-refractivity contribution in [2.24, 2.45) is 0 Å². The third-order valence-electron chi connectivity index (χ3n) is 7.07. The highest BCUT2D eigenvalue weighted by atomic mass is 16.3. The Morgan fingerprint density at radius 2 is 1.50 bits per heavy atom. The van der Waals surface area contributed by atoms with E-state index in [0.717, 1.165) is 54.2 Å². The van der Waals surface area contributed by atoms with Crippen LogP contribution in [0.1, 0.15) is 5.56 Å². The minimum absolute atomic E-state index is 0.0834. The van der Waals surface area contributed by atoms with Crippen LogP contribution in [0.2, 0.25) is 0 Å². The summed E-state index contributed by atoms with van der Waals surface area (Å²) in [7, 11) is 0. The Labute approximate surface area is 231 Å². The van der Waals surface area contributed by atoms with Gasteiger partial charge in [0.2, 0.25) is 5.91 Å². The van der Waals surface area contributed by atoms with Gasteiger partial charge < -0.3 is 25.3 Å². The molecule has 0 saturated carbocycles. The van der Waals surface area contributed by atoms with E-state index in [-0.39, 0.29) is 23.8 Å². The van der Waals surface area contributed by atoms with Gasteiger partial charge in [0.1, 0.15) is 5.82 Å². The maximum absolute atomic E-state index is 12.5. The summed E-state index contributed by atoms with van der Waals surface area (Å²) in [6, 6.07) is 22.1. The summed E-state index contributed by atoms with van der Waals surface area (Å²) in [6.45, 7) is 3.54. The summed E-state index contributed by atoms with van der Waals surface area (Å²) in [5, 5.41) is 22.0. The lowest BCUT2D eigenvalue weighted by molar-refractivity contribution is -0.115. The second-order valence-electron chi connectivity index (χ2n) is 9.74. The number of hydrogen-bond acceptors (Lipinski definition) is 8. The van der Waals surface area contributed by atoms with Crippen molar-refractivity contribution >= 4 is 34.1 Å². The normalized spacial score (nSPS) is 13.4. The molecular weight excluding hydrogens is 504 g/mol. The fourth-order valence-corrected chi connectivity index (χ4v) is 4.90. The number of nitrogens with one attached hydrogen (secondary N) is 1. The van der Waals surface area contributed by atoms with E-state index in [1.54, 1.807) is 6.07 Å². The first-order valence-corrected chi connectivity index (χ1v) is 13.1. The molecule has 3 heterocycles. The zero-order valence-corrected chi connectivity index (χ0v) is 21.7. The Kier molecular flexibility index (Phi) is 6.84. The van der Waals surface area contributed by atoms with E-state index in [2.05, 4.69) is 25.1 Å². The molecule has 0 radical (unpaired) electrons. The maximum atomic E-state index is 12.5. The number of aromatic nitrogens is 3. The average molecular weight is 533 g/mol. The van der Waals surface area contributed by atoms with Crippen LogP contribution in [0.5, 0.6) is 11.5 Å². The summed E-state index contributed by atoms with van der Waals surface area (Å²) in [5.41, 5.74) is 6.16. The van der Waals surface area contributed by atoms with Gasteiger partial charge in [0.25, 0.3) is 0 Å². The highest BCUT2D eigenvalue weighted by Crippen LogP contribution is 2.27. The van der Waals surface area contributed by atoms with Crippen molar-refractivity contribution in [2.75, 3.05) is 41.3 Å². The van der Waals surface area contributed by atoms with Gasteiger partial charge in [0, 0.05) is 49.9 Å². The predicted molar refractivity (Wildman–Crippen MR) is 156 cm³/mol. The summed E-state index contributed by atoms with van der Waals surface area (Å²) < 4.78 is 0. The molecule has 1 fully saturated rings. The number of carbonyl (C=O) groups is 1. The fraction of sp³-hybridized carbons (Fsp3) is 0.161. The monoisotopic (exact) mass is 532 g/mol. The number of carbonyl (C=O) groups excluding carboxylic acids is 1. The molecule has 3 aromatic carbocycles. The number of hydrogen-bond donors (Lipinski definition) is 3. The standard InChI is InChI=1S/C31H28N6O3/c38-28-8-1-21(17-29(28)39)18-31(40)34-24-5-2-22(3-6-24)23-4-7-26-27(19-23)35-30(20-33-26)37-15-13-36(14-16-37)25-9-11-32-12-10-25/h1-12,17,19-20,38-39H,13-16,18H2,(H,34,40). The van der Waals surface area contributed by atoms with Crippen molar-refractivity contribution < 1.29 is 15.0 Å². The van der Waals surface area contributed by atoms with E-state index in [1.807, 2.05) is 73.2 Å². The van der Waals surface area contributed by atoms with Crippen LogP contribution >= 0.6 is 0 Å². The quantitative estimate of drug-likeness (QED) is 0.272. The fourth-order valence-electron chi connectivity index (χ4n) is 4.90. The number of pyridine rings is 1. The third-order valence-corrected chi connectivity index (χ3v) is 7.07. The van der Waals surface area contributed by atoms with Crippen molar-refractivity contribution in [3.63, 3.8) is 0 Å². The van der Waals surface area contributed by atoms with Crippen molar-refractivity contribution in [1.82, 2.24) is 15.0 Å². The second-order valence-corrected chi connectivity index (χ2v) is 9.74. The molecule has 3 N–H and O–H groups in total. The molecule has 6 rings (SSSR count). The van der Waals surface area contributed by atoms with E-state index in [1.165, 1.54) is 17.8 Å². The number of benzene rings is 3. The first-order chi connectivity index (χ1) is 19.5. The SMILES string of the molecule is O=C(Cc1ccc(O)c(O)c1)Nc1ccc(-c2ccc3ncc(N4CCN(c5ccncc5)CC4)nc3c2)cc1. The first-order valence-electron chi connectivity index (χ1n) is 13.1. The first kappa shape index (κ1) is 25.1. The van der Waals surface area contributed by atoms with Crippen molar-refractivity contribution in [1.29, 1.82) is 0 Å². The minimum Gasteiger partial charge on any atom is -0.504 e. The zero-order valence-electron chi connectivity index (χ0n) is 21.7. The Morgan fingerprint density at radius 1 is 0.775 bits per heavy atom. The van der Waals surface area contributed by atoms with Crippen LogP contribution in [0.25, 0.3) is 22.2 Å². The summed E-state index contributed by atoms with van der Waals surface area (Å²) >= 11 is 0. The van der Waals surface area contributed by atoms with Crippen LogP contribution < -0.4 is 15.1 Å². The Hall–Kier alpha value is -5.18. The molecule has 1 aliphatic heterocycles. The Bertz CT molecular complexity index is 1650. The van der Waals surface area contributed by atoms with E-state index in [0.29, 0.717) is 11.3 Å². The molecular formula is C31H28N6O3. The molecule has 2 aromatic heterocycles. The summed E-state index contributed by atoms with van der Waals surface area (Å²) in [6.07, 6.45) is 5.58. The minimum atomic E-state index is -0.245. The average Bonchev–Trinajstić information content (AvgIpc) is 2.99. The van der Waals surface area contributed by atoms with Gasteiger partial charge in [-0.1, -0.05) is 24.3 Å². The van der Waals surface area contributed by atoms with Crippen LogP contribution in [-0.2, 0) is 11.2 Å². The molecule has 5 aromatic rings. The van der Waals surface area contributed by atoms with Crippen LogP contribution in [0.15, 0.2) is 91.4 Å². The molecule has 0 spiro atoms. The van der Waals surface area contributed by atoms with Crippen molar-refractivity contribution in [3.05, 3.63) is 97.0 Å². The van der Waals surface area contributed by atoms with E-state index < -0.39 is 0 Å². The van der Waals surface area contributed by atoms with Crippen molar-refractivity contribution in [2.45, 2.75) is 6.42 Å². The molecule has 200 valence electrons. The van der Waals surface area contributed by atoms with Gasteiger partial charge >= 0.3 is 0 Å². The smallest absolute Gasteiger partial charge is 0.228 e. The highest BCUT2D eigenvalue weighted by molar-refractivity contribution is 5.92. The molecule has 9 nitrogen and oxygen atoms in total. The van der Waals surface area contributed by atoms with Crippen LogP contribution in [0, 0.1) is 0 Å². The number of rotatable bonds is 6. The molecule has 0 bridgehead atoms. The number of aromatic hydroxyl groups is 2. The third kappa shape index (κ3) is 5.49. The molecule has 40 heavy (non-hydrogen) atoms. The van der Waals surface area contributed by atoms with Gasteiger partial charge in [0.05, 0.1) is 23.7 Å². The van der Waals surface area contributed by atoms with Crippen molar-refractivity contribution in [3.8, 4) is 22.6 Å². The van der Waals surface area contributed by atoms with Gasteiger partial charge in [0.15, 0.2) is 11.5 Å². The van der Waals surface area contributed by atoms with Gasteiger partial charge in [-0.3, -0.25) is 14.8 Å². The number of anilines is 3. The second kappa shape index (κ2) is 10.9. The summed E-state index contributed by atoms with van der Waals surface area (Å²) in [5.74, 6) is 0.202. The zero-order chi connectivity index (χ0) is 27.5. The number of piperazine rings is 1. The number of phenolic OH excluding ortho intramolecular Hbond substituents is 2. The number of fused-ring (bicyclic) bond motifs is 1. The van der Waals surface area contributed by atoms with E-state index >= 15 is 0 Å². The van der Waals surface area contributed by atoms with Gasteiger partial charge in [-0.05, 0) is 65.2 Å². The van der Waals surface area contributed by atoms with E-state index in [9.17, 15) is 15.0 Å².